The topological polar surface area (TPSA) is 86.7 Å². The fourth-order valence-electron chi connectivity index (χ4n) is 1.20. The summed E-state index contributed by atoms with van der Waals surface area (Å²) in [5, 5.41) is 27.0. The molecule has 0 unspecified atom stereocenters. The lowest BCUT2D eigenvalue weighted by molar-refractivity contribution is 0.00546. The van der Waals surface area contributed by atoms with Crippen molar-refractivity contribution in [1.82, 2.24) is 0 Å². The molecule has 1 aliphatic carbocycles. The van der Waals surface area contributed by atoms with Crippen LogP contribution in [0.1, 0.15) is 6.42 Å². The summed E-state index contributed by atoms with van der Waals surface area (Å²) in [6.07, 6.45) is 0.172. The molecule has 0 saturated carbocycles. The molecule has 4 heteroatoms. The zero-order valence-corrected chi connectivity index (χ0v) is 6.14. The van der Waals surface area contributed by atoms with Gasteiger partial charge in [-0.3, -0.25) is 0 Å². The molecule has 1 aliphatic rings. The molecule has 0 bridgehead atoms. The quantitative estimate of drug-likeness (QED) is 0.345. The first kappa shape index (κ1) is 8.67. The molecular formula is C7H13NO3. The zero-order chi connectivity index (χ0) is 8.43. The van der Waals surface area contributed by atoms with Gasteiger partial charge in [0.2, 0.25) is 0 Å². The summed E-state index contributed by atoms with van der Waals surface area (Å²) in [7, 11) is 0. The number of hydrogen-bond acceptors (Lipinski definition) is 4. The first-order valence-corrected chi connectivity index (χ1v) is 3.57. The lowest BCUT2D eigenvalue weighted by atomic mass is 9.91. The average Bonchev–Trinajstić information content (AvgIpc) is 1.99. The Morgan fingerprint density at radius 3 is 2.64 bits per heavy atom. The Bertz CT molecular complexity index is 169. The normalized spacial score (nSPS) is 38.5. The molecule has 0 fully saturated rings. The molecule has 4 nitrogen and oxygen atoms in total. The van der Waals surface area contributed by atoms with Crippen LogP contribution in [0.25, 0.3) is 0 Å². The molecule has 0 spiro atoms. The third kappa shape index (κ3) is 1.78. The summed E-state index contributed by atoms with van der Waals surface area (Å²) in [5.41, 5.74) is 6.13. The highest BCUT2D eigenvalue weighted by Gasteiger charge is 2.27. The van der Waals surface area contributed by atoms with Crippen LogP contribution in [-0.4, -0.2) is 40.2 Å². The summed E-state index contributed by atoms with van der Waals surface area (Å²) in [6.45, 7) is -0.0997. The van der Waals surface area contributed by atoms with Crippen molar-refractivity contribution in [2.24, 2.45) is 5.73 Å². The van der Waals surface area contributed by atoms with Crippen molar-refractivity contribution in [1.29, 1.82) is 0 Å². The van der Waals surface area contributed by atoms with Gasteiger partial charge in [0.1, 0.15) is 0 Å². The summed E-state index contributed by atoms with van der Waals surface area (Å²) in [5.74, 6) is 0. The van der Waals surface area contributed by atoms with Crippen molar-refractivity contribution < 1.29 is 15.3 Å². The number of rotatable bonds is 1. The van der Waals surface area contributed by atoms with Crippen LogP contribution in [0.15, 0.2) is 11.6 Å². The first-order chi connectivity index (χ1) is 5.15. The van der Waals surface area contributed by atoms with Crippen molar-refractivity contribution in [3.05, 3.63) is 11.6 Å². The zero-order valence-electron chi connectivity index (χ0n) is 6.14. The Morgan fingerprint density at radius 1 is 1.55 bits per heavy atom. The van der Waals surface area contributed by atoms with Gasteiger partial charge in [-0.1, -0.05) is 6.08 Å². The van der Waals surface area contributed by atoms with Gasteiger partial charge in [0.05, 0.1) is 24.9 Å². The van der Waals surface area contributed by atoms with Gasteiger partial charge < -0.3 is 21.1 Å². The second-order valence-electron chi connectivity index (χ2n) is 2.82. The number of nitrogens with two attached hydrogens (primary N) is 1. The van der Waals surface area contributed by atoms with Crippen LogP contribution in [0, 0.1) is 0 Å². The molecule has 11 heavy (non-hydrogen) atoms. The van der Waals surface area contributed by atoms with Gasteiger partial charge >= 0.3 is 0 Å². The molecule has 0 aromatic carbocycles. The molecule has 64 valence electrons. The van der Waals surface area contributed by atoms with E-state index in [0.29, 0.717) is 12.0 Å². The van der Waals surface area contributed by atoms with E-state index in [2.05, 4.69) is 0 Å². The molecule has 3 atom stereocenters. The molecule has 1 rings (SSSR count). The van der Waals surface area contributed by atoms with Crippen molar-refractivity contribution in [3.63, 3.8) is 0 Å². The second kappa shape index (κ2) is 3.32. The van der Waals surface area contributed by atoms with Crippen LogP contribution in [0.5, 0.6) is 0 Å². The predicted molar refractivity (Wildman–Crippen MR) is 39.8 cm³/mol. The van der Waals surface area contributed by atoms with Crippen LogP contribution in [0.3, 0.4) is 0 Å². The Hall–Kier alpha value is -0.420. The molecule has 0 heterocycles. The van der Waals surface area contributed by atoms with E-state index in [1.807, 2.05) is 0 Å². The smallest absolute Gasteiger partial charge is 0.0988 e. The van der Waals surface area contributed by atoms with Gasteiger partial charge in [-0.05, 0) is 12.0 Å². The van der Waals surface area contributed by atoms with Crippen LogP contribution in [0.4, 0.5) is 0 Å². The van der Waals surface area contributed by atoms with Crippen LogP contribution >= 0.6 is 0 Å². The number of hydrogen-bond donors (Lipinski definition) is 4. The molecule has 0 aromatic rings. The first-order valence-electron chi connectivity index (χ1n) is 3.57. The largest absolute Gasteiger partial charge is 0.392 e. The summed E-state index contributed by atoms with van der Waals surface area (Å²) in [6, 6.07) is -0.555. The highest BCUT2D eigenvalue weighted by Crippen LogP contribution is 2.17. The second-order valence-corrected chi connectivity index (χ2v) is 2.82. The monoisotopic (exact) mass is 159 g/mol. The maximum atomic E-state index is 9.17. The third-order valence-corrected chi connectivity index (χ3v) is 1.89. The van der Waals surface area contributed by atoms with E-state index in [9.17, 15) is 0 Å². The van der Waals surface area contributed by atoms with Gasteiger partial charge in [0.25, 0.3) is 0 Å². The van der Waals surface area contributed by atoms with E-state index in [1.165, 1.54) is 0 Å². The van der Waals surface area contributed by atoms with Gasteiger partial charge in [-0.25, -0.2) is 0 Å². The standard InChI is InChI=1S/C7H13NO3/c8-5-1-4(3-9)2-6(10)7(5)11/h1,5-7,9-11H,2-3,8H2/t5-,6-,7-/m0/s1. The van der Waals surface area contributed by atoms with Crippen molar-refractivity contribution in [2.75, 3.05) is 6.61 Å². The Kier molecular flexibility index (Phi) is 2.62. The van der Waals surface area contributed by atoms with E-state index in [-0.39, 0.29) is 6.61 Å². The van der Waals surface area contributed by atoms with Crippen molar-refractivity contribution >= 4 is 0 Å². The van der Waals surface area contributed by atoms with Crippen LogP contribution in [0.2, 0.25) is 0 Å². The fourth-order valence-corrected chi connectivity index (χ4v) is 1.20. The maximum Gasteiger partial charge on any atom is 0.0988 e. The van der Waals surface area contributed by atoms with Gasteiger partial charge in [0, 0.05) is 0 Å². The Morgan fingerprint density at radius 2 is 2.18 bits per heavy atom. The highest BCUT2D eigenvalue weighted by atomic mass is 16.3. The molecule has 0 radical (unpaired) electrons. The predicted octanol–water partition coefficient (Wildman–Crippen LogP) is -1.64. The molecular weight excluding hydrogens is 146 g/mol. The van der Waals surface area contributed by atoms with Crippen LogP contribution < -0.4 is 5.73 Å². The molecule has 0 aromatic heterocycles. The van der Waals surface area contributed by atoms with Crippen molar-refractivity contribution in [2.45, 2.75) is 24.7 Å². The summed E-state index contributed by atoms with van der Waals surface area (Å²) in [4.78, 5) is 0. The molecule has 5 N–H and O–H groups in total. The van der Waals surface area contributed by atoms with E-state index in [1.54, 1.807) is 6.08 Å². The Labute approximate surface area is 65.0 Å². The maximum absolute atomic E-state index is 9.17. The van der Waals surface area contributed by atoms with E-state index in [4.69, 9.17) is 21.1 Å². The minimum atomic E-state index is -0.898. The van der Waals surface area contributed by atoms with E-state index >= 15 is 0 Å². The lowest BCUT2D eigenvalue weighted by Gasteiger charge is -2.27. The van der Waals surface area contributed by atoms with E-state index < -0.39 is 18.2 Å². The minimum Gasteiger partial charge on any atom is -0.392 e. The number of aliphatic hydroxyl groups is 3. The molecule has 0 amide bonds. The molecule has 0 aliphatic heterocycles. The number of aliphatic hydroxyl groups excluding tert-OH is 3. The highest BCUT2D eigenvalue weighted by molar-refractivity contribution is 5.15. The van der Waals surface area contributed by atoms with E-state index in [0.717, 1.165) is 0 Å². The van der Waals surface area contributed by atoms with Gasteiger partial charge in [0.15, 0.2) is 0 Å². The lowest BCUT2D eigenvalue weighted by Crippen LogP contribution is -2.45. The van der Waals surface area contributed by atoms with Gasteiger partial charge in [-0.2, -0.15) is 0 Å². The SMILES string of the molecule is N[C@H]1C=C(CO)C[C@H](O)[C@H]1O. The summed E-state index contributed by atoms with van der Waals surface area (Å²) < 4.78 is 0. The fraction of sp³-hybridized carbons (Fsp3) is 0.714. The summed E-state index contributed by atoms with van der Waals surface area (Å²) >= 11 is 0. The minimum absolute atomic E-state index is 0.0997. The van der Waals surface area contributed by atoms with Gasteiger partial charge in [-0.15, -0.1) is 0 Å². The average molecular weight is 159 g/mol. The third-order valence-electron chi connectivity index (χ3n) is 1.89. The Balaban J connectivity index is 2.68. The molecule has 0 saturated heterocycles. The van der Waals surface area contributed by atoms with Crippen LogP contribution in [-0.2, 0) is 0 Å². The van der Waals surface area contributed by atoms with Crippen molar-refractivity contribution in [3.8, 4) is 0 Å².